The number of nitrogens with zero attached hydrogens (tertiary/aromatic N) is 3. The first kappa shape index (κ1) is 19.0. The number of halogens is 3. The van der Waals surface area contributed by atoms with Gasteiger partial charge in [0.05, 0.1) is 12.6 Å². The summed E-state index contributed by atoms with van der Waals surface area (Å²) in [5.74, 6) is 0.772. The van der Waals surface area contributed by atoms with E-state index in [2.05, 4.69) is 16.7 Å². The van der Waals surface area contributed by atoms with Crippen molar-refractivity contribution in [3.05, 3.63) is 0 Å². The summed E-state index contributed by atoms with van der Waals surface area (Å²) in [7, 11) is 0. The van der Waals surface area contributed by atoms with Crippen molar-refractivity contribution in [2.24, 2.45) is 5.92 Å². The molecule has 2 rings (SSSR count). The largest absolute Gasteiger partial charge is 0.401 e. The monoisotopic (exact) mass is 337 g/mol. The minimum absolute atomic E-state index is 0.419. The quantitative estimate of drug-likeness (QED) is 0.826. The average Bonchev–Trinajstić information content (AvgIpc) is 2.65. The van der Waals surface area contributed by atoms with Crippen LogP contribution in [0.15, 0.2) is 0 Å². The van der Waals surface area contributed by atoms with Gasteiger partial charge in [-0.25, -0.2) is 0 Å². The molecule has 1 atom stereocenters. The summed E-state index contributed by atoms with van der Waals surface area (Å²) in [5.41, 5.74) is 0. The van der Waals surface area contributed by atoms with Gasteiger partial charge < -0.3 is 10.0 Å². The van der Waals surface area contributed by atoms with Gasteiger partial charge in [0, 0.05) is 26.2 Å². The van der Waals surface area contributed by atoms with Gasteiger partial charge in [-0.3, -0.25) is 9.80 Å². The zero-order valence-electron chi connectivity index (χ0n) is 14.1. The Morgan fingerprint density at radius 3 is 2.04 bits per heavy atom. The Hall–Kier alpha value is -0.370. The first-order chi connectivity index (χ1) is 10.8. The molecule has 0 aromatic carbocycles. The van der Waals surface area contributed by atoms with E-state index in [0.29, 0.717) is 32.7 Å². The fraction of sp³-hybridized carbons (Fsp3) is 1.00. The first-order valence-electron chi connectivity index (χ1n) is 8.74. The predicted octanol–water partition coefficient (Wildman–Crippen LogP) is 1.65. The summed E-state index contributed by atoms with van der Waals surface area (Å²) < 4.78 is 37.4. The summed E-state index contributed by atoms with van der Waals surface area (Å²) in [6.45, 7) is 7.03. The van der Waals surface area contributed by atoms with E-state index in [1.165, 1.54) is 17.7 Å². The molecule has 0 aromatic heterocycles. The van der Waals surface area contributed by atoms with Gasteiger partial charge in [0.15, 0.2) is 0 Å². The second-order valence-electron chi connectivity index (χ2n) is 7.18. The molecule has 0 radical (unpaired) electrons. The number of rotatable bonds is 5. The molecule has 1 N–H and O–H groups in total. The fourth-order valence-electron chi connectivity index (χ4n) is 3.52. The maximum Gasteiger partial charge on any atom is 0.401 e. The lowest BCUT2D eigenvalue weighted by atomic mass is 9.99. The molecule has 0 aliphatic carbocycles. The van der Waals surface area contributed by atoms with E-state index < -0.39 is 18.8 Å². The van der Waals surface area contributed by atoms with Crippen LogP contribution in [-0.2, 0) is 0 Å². The van der Waals surface area contributed by atoms with Gasteiger partial charge in [-0.15, -0.1) is 0 Å². The van der Waals surface area contributed by atoms with Crippen LogP contribution in [0, 0.1) is 5.92 Å². The molecule has 2 fully saturated rings. The van der Waals surface area contributed by atoms with Gasteiger partial charge >= 0.3 is 6.18 Å². The van der Waals surface area contributed by atoms with E-state index in [1.807, 2.05) is 0 Å². The molecule has 136 valence electrons. The van der Waals surface area contributed by atoms with Gasteiger partial charge in [0.2, 0.25) is 0 Å². The highest BCUT2D eigenvalue weighted by atomic mass is 19.4. The van der Waals surface area contributed by atoms with Gasteiger partial charge in [-0.1, -0.05) is 6.92 Å². The van der Waals surface area contributed by atoms with Crippen LogP contribution in [0.25, 0.3) is 0 Å². The highest BCUT2D eigenvalue weighted by molar-refractivity contribution is 4.77. The Morgan fingerprint density at radius 1 is 0.913 bits per heavy atom. The zero-order valence-corrected chi connectivity index (χ0v) is 14.1. The van der Waals surface area contributed by atoms with Crippen molar-refractivity contribution >= 4 is 0 Å². The van der Waals surface area contributed by atoms with Crippen LogP contribution < -0.4 is 0 Å². The normalized spacial score (nSPS) is 25.4. The Labute approximate surface area is 137 Å². The standard InChI is InChI=1S/C16H30F3N3O/c1-14-3-7-21(8-4-14)12-15(23)11-20-5-2-6-22(10-9-20)13-16(17,18)19/h14-15,23H,2-13H2,1H3. The van der Waals surface area contributed by atoms with Crippen LogP contribution in [0.3, 0.4) is 0 Å². The SMILES string of the molecule is CC1CCN(CC(O)CN2CCCN(CC(F)(F)F)CC2)CC1. The molecule has 0 amide bonds. The Bertz CT molecular complexity index is 346. The van der Waals surface area contributed by atoms with Crippen molar-refractivity contribution in [2.45, 2.75) is 38.5 Å². The third-order valence-electron chi connectivity index (χ3n) is 4.90. The molecule has 0 saturated carbocycles. The lowest BCUT2D eigenvalue weighted by Gasteiger charge is -2.33. The van der Waals surface area contributed by atoms with Gasteiger partial charge in [-0.05, 0) is 51.4 Å². The summed E-state index contributed by atoms with van der Waals surface area (Å²) >= 11 is 0. The molecule has 2 saturated heterocycles. The number of piperidine rings is 1. The number of hydrogen-bond donors (Lipinski definition) is 1. The Kier molecular flexibility index (Phi) is 7.13. The third kappa shape index (κ3) is 7.37. The highest BCUT2D eigenvalue weighted by Crippen LogP contribution is 2.18. The maximum absolute atomic E-state index is 12.5. The molecule has 0 spiro atoms. The number of aliphatic hydroxyl groups excluding tert-OH is 1. The molecule has 2 heterocycles. The van der Waals surface area contributed by atoms with Gasteiger partial charge in [0.1, 0.15) is 0 Å². The molecule has 0 bridgehead atoms. The molecule has 1 unspecified atom stereocenters. The van der Waals surface area contributed by atoms with Crippen molar-refractivity contribution in [3.8, 4) is 0 Å². The molecule has 2 aliphatic rings. The predicted molar refractivity (Wildman–Crippen MR) is 84.4 cm³/mol. The lowest BCUT2D eigenvalue weighted by Crippen LogP contribution is -2.44. The Morgan fingerprint density at radius 2 is 1.43 bits per heavy atom. The van der Waals surface area contributed by atoms with Crippen LogP contribution in [0.5, 0.6) is 0 Å². The van der Waals surface area contributed by atoms with Crippen LogP contribution in [0.4, 0.5) is 13.2 Å². The number of likely N-dealkylation sites (tertiary alicyclic amines) is 1. The molecule has 4 nitrogen and oxygen atoms in total. The number of aliphatic hydroxyl groups is 1. The van der Waals surface area contributed by atoms with Crippen molar-refractivity contribution < 1.29 is 18.3 Å². The summed E-state index contributed by atoms with van der Waals surface area (Å²) in [4.78, 5) is 5.88. The van der Waals surface area contributed by atoms with Crippen molar-refractivity contribution in [2.75, 3.05) is 58.9 Å². The van der Waals surface area contributed by atoms with E-state index >= 15 is 0 Å². The minimum atomic E-state index is -4.12. The second-order valence-corrected chi connectivity index (χ2v) is 7.18. The van der Waals surface area contributed by atoms with Crippen molar-refractivity contribution in [3.63, 3.8) is 0 Å². The van der Waals surface area contributed by atoms with Crippen LogP contribution in [0.1, 0.15) is 26.2 Å². The van der Waals surface area contributed by atoms with Crippen LogP contribution in [0.2, 0.25) is 0 Å². The number of alkyl halides is 3. The third-order valence-corrected chi connectivity index (χ3v) is 4.90. The van der Waals surface area contributed by atoms with Crippen LogP contribution >= 0.6 is 0 Å². The van der Waals surface area contributed by atoms with E-state index in [9.17, 15) is 18.3 Å². The van der Waals surface area contributed by atoms with E-state index in [-0.39, 0.29) is 0 Å². The average molecular weight is 337 g/mol. The number of hydrogen-bond acceptors (Lipinski definition) is 4. The number of β-amino-alcohol motifs (C(OH)–C–C–N with tert-alkyl or cyclic N) is 1. The molecular formula is C16H30F3N3O. The molecule has 23 heavy (non-hydrogen) atoms. The topological polar surface area (TPSA) is 30.0 Å². The van der Waals surface area contributed by atoms with Crippen molar-refractivity contribution in [1.29, 1.82) is 0 Å². The maximum atomic E-state index is 12.5. The second kappa shape index (κ2) is 8.65. The molecule has 7 heteroatoms. The smallest absolute Gasteiger partial charge is 0.390 e. The summed E-state index contributed by atoms with van der Waals surface area (Å²) in [6, 6.07) is 0. The van der Waals surface area contributed by atoms with E-state index in [0.717, 1.165) is 32.0 Å². The lowest BCUT2D eigenvalue weighted by molar-refractivity contribution is -0.145. The summed E-state index contributed by atoms with van der Waals surface area (Å²) in [6.07, 6.45) is -1.45. The zero-order chi connectivity index (χ0) is 16.9. The van der Waals surface area contributed by atoms with Gasteiger partial charge in [0.25, 0.3) is 0 Å². The molecule has 2 aliphatic heterocycles. The Balaban J connectivity index is 1.69. The van der Waals surface area contributed by atoms with Crippen molar-refractivity contribution in [1.82, 2.24) is 14.7 Å². The van der Waals surface area contributed by atoms with Crippen LogP contribution in [-0.4, -0.2) is 91.0 Å². The fourth-order valence-corrected chi connectivity index (χ4v) is 3.52. The highest BCUT2D eigenvalue weighted by Gasteiger charge is 2.31. The van der Waals surface area contributed by atoms with E-state index in [1.54, 1.807) is 0 Å². The first-order valence-corrected chi connectivity index (χ1v) is 8.74. The molecule has 0 aromatic rings. The van der Waals surface area contributed by atoms with E-state index in [4.69, 9.17) is 0 Å². The van der Waals surface area contributed by atoms with Gasteiger partial charge in [-0.2, -0.15) is 13.2 Å². The summed E-state index contributed by atoms with van der Waals surface area (Å²) in [5, 5.41) is 10.3. The molecular weight excluding hydrogens is 307 g/mol. The minimum Gasteiger partial charge on any atom is -0.390 e.